The van der Waals surface area contributed by atoms with Crippen molar-refractivity contribution in [2.24, 2.45) is 5.41 Å². The van der Waals surface area contributed by atoms with E-state index in [4.69, 9.17) is 12.2 Å². The number of nitro benzene ring substituents is 1. The Morgan fingerprint density at radius 1 is 0.944 bits per heavy atom. The summed E-state index contributed by atoms with van der Waals surface area (Å²) in [5.41, 5.74) is 0.847. The molecule has 3 aromatic rings. The molecule has 3 aromatic carbocycles. The molecule has 0 aliphatic carbocycles. The first kappa shape index (κ1) is 23.6. The van der Waals surface area contributed by atoms with Crippen LogP contribution < -0.4 is 14.7 Å². The molecule has 0 radical (unpaired) electrons. The number of carbonyl (C=O) groups is 2. The van der Waals surface area contributed by atoms with Crippen LogP contribution in [0.15, 0.2) is 78.9 Å². The molecule has 0 N–H and O–H groups in total. The fraction of sp³-hybridized carbons (Fsp3) is 0.222. The number of anilines is 3. The van der Waals surface area contributed by atoms with E-state index in [0.29, 0.717) is 23.5 Å². The Balaban J connectivity index is 1.75. The molecule has 2 aliphatic heterocycles. The van der Waals surface area contributed by atoms with E-state index in [1.165, 1.54) is 21.9 Å². The highest BCUT2D eigenvalue weighted by Gasteiger charge is 2.62. The van der Waals surface area contributed by atoms with Gasteiger partial charge in [0.1, 0.15) is 0 Å². The summed E-state index contributed by atoms with van der Waals surface area (Å²) in [5, 5.41) is 11.6. The van der Waals surface area contributed by atoms with Gasteiger partial charge in [0.25, 0.3) is 17.5 Å². The fourth-order valence-corrected chi connectivity index (χ4v) is 5.73. The third-order valence-corrected chi connectivity index (χ3v) is 7.52. The van der Waals surface area contributed by atoms with Crippen LogP contribution in [0.25, 0.3) is 0 Å². The van der Waals surface area contributed by atoms with Gasteiger partial charge >= 0.3 is 0 Å². The van der Waals surface area contributed by atoms with Crippen LogP contribution in [0.4, 0.5) is 22.7 Å². The normalized spacial score (nSPS) is 19.0. The number of benzene rings is 3. The number of rotatable bonds is 4. The lowest BCUT2D eigenvalue weighted by atomic mass is 9.68. The smallest absolute Gasteiger partial charge is 0.269 e. The van der Waals surface area contributed by atoms with Gasteiger partial charge in [0.2, 0.25) is 0 Å². The Morgan fingerprint density at radius 2 is 1.47 bits per heavy atom. The maximum atomic E-state index is 14.4. The van der Waals surface area contributed by atoms with Gasteiger partial charge in [0.05, 0.1) is 16.3 Å². The maximum Gasteiger partial charge on any atom is 0.269 e. The molecule has 182 valence electrons. The first-order chi connectivity index (χ1) is 17.3. The Hall–Kier alpha value is -4.11. The van der Waals surface area contributed by atoms with Crippen LogP contribution in [0.2, 0.25) is 0 Å². The Kier molecular flexibility index (Phi) is 5.80. The SMILES string of the molecule is CCN1c2ccc([N+](=O)[O-])cc2CC2(C(=O)N(c3ccccc3)C(=S)N(c3ccccc3)C2=O)C1C. The predicted octanol–water partition coefficient (Wildman–Crippen LogP) is 4.72. The van der Waals surface area contributed by atoms with Gasteiger partial charge in [-0.2, -0.15) is 0 Å². The first-order valence-electron chi connectivity index (χ1n) is 11.7. The van der Waals surface area contributed by atoms with Gasteiger partial charge in [0, 0.05) is 36.8 Å². The minimum absolute atomic E-state index is 0.0224. The number of amides is 2. The molecule has 9 heteroatoms. The summed E-state index contributed by atoms with van der Waals surface area (Å²) in [6.07, 6.45) is 0.0224. The minimum Gasteiger partial charge on any atom is -0.367 e. The number of thiocarbonyl (C=S) groups is 1. The second-order valence-electron chi connectivity index (χ2n) is 8.92. The second kappa shape index (κ2) is 8.83. The first-order valence-corrected chi connectivity index (χ1v) is 12.1. The molecule has 1 spiro atoms. The van der Waals surface area contributed by atoms with E-state index in [9.17, 15) is 19.7 Å². The summed E-state index contributed by atoms with van der Waals surface area (Å²) in [6.45, 7) is 4.31. The van der Waals surface area contributed by atoms with Crippen LogP contribution in [0.3, 0.4) is 0 Å². The van der Waals surface area contributed by atoms with E-state index in [-0.39, 0.29) is 17.2 Å². The molecule has 2 aliphatic rings. The number of hydrogen-bond acceptors (Lipinski definition) is 6. The van der Waals surface area contributed by atoms with Crippen molar-refractivity contribution in [3.8, 4) is 0 Å². The average molecular weight is 501 g/mol. The monoisotopic (exact) mass is 500 g/mol. The zero-order chi connectivity index (χ0) is 25.6. The lowest BCUT2D eigenvalue weighted by Gasteiger charge is -2.53. The third-order valence-electron chi connectivity index (χ3n) is 7.15. The van der Waals surface area contributed by atoms with Gasteiger partial charge in [-0.3, -0.25) is 29.5 Å². The van der Waals surface area contributed by atoms with Gasteiger partial charge in [-0.1, -0.05) is 36.4 Å². The van der Waals surface area contributed by atoms with E-state index < -0.39 is 28.2 Å². The Bertz CT molecular complexity index is 1320. The largest absolute Gasteiger partial charge is 0.367 e. The van der Waals surface area contributed by atoms with Gasteiger partial charge < -0.3 is 4.90 Å². The van der Waals surface area contributed by atoms with Crippen molar-refractivity contribution in [3.63, 3.8) is 0 Å². The highest BCUT2D eigenvalue weighted by atomic mass is 32.1. The molecule has 0 aromatic heterocycles. The molecule has 1 atom stereocenters. The zero-order valence-electron chi connectivity index (χ0n) is 19.8. The second-order valence-corrected chi connectivity index (χ2v) is 9.28. The van der Waals surface area contributed by atoms with E-state index >= 15 is 0 Å². The van der Waals surface area contributed by atoms with Crippen LogP contribution in [-0.2, 0) is 16.0 Å². The van der Waals surface area contributed by atoms with Crippen molar-refractivity contribution in [1.82, 2.24) is 0 Å². The summed E-state index contributed by atoms with van der Waals surface area (Å²) < 4.78 is 0. The van der Waals surface area contributed by atoms with Crippen molar-refractivity contribution >= 4 is 51.9 Å². The standard InChI is InChI=1S/C27H24N4O4S/c1-3-28-18(2)27(17-19-16-22(31(34)35)14-15-23(19)28)24(32)29(20-10-6-4-7-11-20)26(36)30(25(27)33)21-12-8-5-9-13-21/h4-16,18H,3,17H2,1-2H3. The molecule has 1 saturated heterocycles. The number of hydrogen-bond donors (Lipinski definition) is 0. The third kappa shape index (κ3) is 3.38. The fourth-order valence-electron chi connectivity index (χ4n) is 5.36. The molecule has 8 nitrogen and oxygen atoms in total. The van der Waals surface area contributed by atoms with E-state index in [1.54, 1.807) is 30.3 Å². The summed E-state index contributed by atoms with van der Waals surface area (Å²) >= 11 is 5.76. The molecule has 36 heavy (non-hydrogen) atoms. The summed E-state index contributed by atoms with van der Waals surface area (Å²) in [5.74, 6) is -0.863. The number of nitro groups is 1. The van der Waals surface area contributed by atoms with Crippen LogP contribution in [-0.4, -0.2) is 34.4 Å². The topological polar surface area (TPSA) is 87.0 Å². The average Bonchev–Trinajstić information content (AvgIpc) is 2.89. The predicted molar refractivity (Wildman–Crippen MR) is 142 cm³/mol. The molecule has 1 unspecified atom stereocenters. The minimum atomic E-state index is -1.55. The van der Waals surface area contributed by atoms with E-state index in [0.717, 1.165) is 5.69 Å². The highest BCUT2D eigenvalue weighted by molar-refractivity contribution is 7.81. The number of para-hydroxylation sites is 2. The highest BCUT2D eigenvalue weighted by Crippen LogP contribution is 2.48. The lowest BCUT2D eigenvalue weighted by molar-refractivity contribution is -0.384. The number of nitrogens with zero attached hydrogens (tertiary/aromatic N) is 4. The number of non-ortho nitro benzene ring substituents is 1. The lowest BCUT2D eigenvalue weighted by Crippen LogP contribution is -2.72. The number of fused-ring (bicyclic) bond motifs is 1. The molecular weight excluding hydrogens is 476 g/mol. The molecule has 0 bridgehead atoms. The molecular formula is C27H24N4O4S. The van der Waals surface area contributed by atoms with Crippen LogP contribution in [0, 0.1) is 15.5 Å². The van der Waals surface area contributed by atoms with E-state index in [2.05, 4.69) is 0 Å². The van der Waals surface area contributed by atoms with Crippen LogP contribution in [0.1, 0.15) is 19.4 Å². The van der Waals surface area contributed by atoms with Crippen molar-refractivity contribution in [2.75, 3.05) is 21.2 Å². The summed E-state index contributed by atoms with van der Waals surface area (Å²) in [6, 6.07) is 22.1. The molecule has 5 rings (SSSR count). The molecule has 0 saturated carbocycles. The zero-order valence-corrected chi connectivity index (χ0v) is 20.6. The van der Waals surface area contributed by atoms with Crippen molar-refractivity contribution in [1.29, 1.82) is 0 Å². The van der Waals surface area contributed by atoms with Gasteiger partial charge in [0.15, 0.2) is 10.5 Å². The Morgan fingerprint density at radius 3 is 1.94 bits per heavy atom. The summed E-state index contributed by atoms with van der Waals surface area (Å²) in [4.78, 5) is 44.8. The van der Waals surface area contributed by atoms with Gasteiger partial charge in [-0.25, -0.2) is 0 Å². The van der Waals surface area contributed by atoms with Crippen molar-refractivity contribution < 1.29 is 14.5 Å². The van der Waals surface area contributed by atoms with Crippen molar-refractivity contribution in [2.45, 2.75) is 26.3 Å². The molecule has 1 fully saturated rings. The van der Waals surface area contributed by atoms with Crippen LogP contribution >= 0.6 is 12.2 Å². The van der Waals surface area contributed by atoms with Gasteiger partial charge in [-0.05, 0) is 62.0 Å². The summed E-state index contributed by atoms with van der Waals surface area (Å²) in [7, 11) is 0. The number of carbonyl (C=O) groups excluding carboxylic acids is 2. The van der Waals surface area contributed by atoms with E-state index in [1.807, 2.05) is 55.1 Å². The molecule has 2 heterocycles. The van der Waals surface area contributed by atoms with Crippen LogP contribution in [0.5, 0.6) is 0 Å². The Labute approximate surface area is 213 Å². The molecule has 2 amide bonds. The van der Waals surface area contributed by atoms with Crippen molar-refractivity contribution in [3.05, 3.63) is 94.5 Å². The van der Waals surface area contributed by atoms with Gasteiger partial charge in [-0.15, -0.1) is 0 Å². The maximum absolute atomic E-state index is 14.4. The quantitative estimate of drug-likeness (QED) is 0.223.